The summed E-state index contributed by atoms with van der Waals surface area (Å²) in [6.07, 6.45) is 15.5. The average Bonchev–Trinajstić information content (AvgIpc) is 1.21. The fourth-order valence-corrected chi connectivity index (χ4v) is 14.0. The number of hydrogen-bond donors (Lipinski definition) is 11. The van der Waals surface area contributed by atoms with Crippen LogP contribution in [0.3, 0.4) is 0 Å². The van der Waals surface area contributed by atoms with Gasteiger partial charge in [-0.3, -0.25) is 18.9 Å². The number of nitrogens with one attached hydrogen (secondary N) is 2. The number of carboxylic acid groups (broad SMARTS) is 2. The van der Waals surface area contributed by atoms with Gasteiger partial charge in [0.15, 0.2) is 28.1 Å². The lowest BCUT2D eigenvalue weighted by atomic mass is 9.85. The quantitative estimate of drug-likeness (QED) is 0.0129. The van der Waals surface area contributed by atoms with Crippen LogP contribution in [0.1, 0.15) is 256 Å². The van der Waals surface area contributed by atoms with Gasteiger partial charge in [0.05, 0.1) is 180 Å². The molecule has 0 saturated carbocycles. The number of ketones is 2. The Balaban J connectivity index is 0.000000614. The highest BCUT2D eigenvalue weighted by Crippen LogP contribution is 2.61. The Hall–Kier alpha value is -14.1. The maximum atomic E-state index is 13.3. The van der Waals surface area contributed by atoms with Gasteiger partial charge in [0.1, 0.15) is 44.9 Å². The summed E-state index contributed by atoms with van der Waals surface area (Å²) in [6.45, 7) is 31.8. The first-order valence-electron chi connectivity index (χ1n) is 47.4. The third-order valence-electron chi connectivity index (χ3n) is 21.7. The van der Waals surface area contributed by atoms with Gasteiger partial charge in [0, 0.05) is 82.6 Å². The standard InChI is InChI=1S/C25H27FN6O.C17H18ClN5O.C17H19N5O2.C17H21N3O5.C12H13N3O2.C8H10FN.C4H7NO3.2CH4.Cl3OP.4H2/c1-15(2)20-11-22(30-31-25(20)28-17(4)18-5-7-19(26)8-6-18)21-9-10-24(23(13-33)29-21)32-12-16(3)27-14-32;1-10(2)12-6-14(21-22-17(12)18)13-4-5-16(15(8-24)20-13)23-7-11(3)19-9-23;1-10(2)12-6-14(20-21-17(12)24)13-4-5-16(15(8-23)19-13)22-7-11(3)18-9-22;1-10(2)17(25,16(23)24)6-15(22)12-4-5-14(13(8-21)19-12)20-7-11(3)18-9-20;1-8-5-15(7-13-8)12-4-3-10(9(2)17)14-11(12)6-16;1-6(10)7-2-4-8(9)5-3-7;1-3(2)5(8)4(6)7;;;1-5(2,3)4;;;;/h5-12,14-15,17,33H,13H2,1-4H3,(H,28,31);4-7,9-10,24H,8H2,1-3H3;4-7,9-10,23H,8H2,1-3H3,(H,21,24);4-5,7,9-10,21,25H,6,8H2,1-3H3,(H,23,24);3-5,7,16H,6H2,1-2H3;2-6H,10H2,1H3;3H,1-2H3;2*1H4;;4*1H/p+1/t17-;;;;;6-;;;;;;;;/m0....0......../s1/i;;;;;;;;;;2*1+1D;2*1+1. The Morgan fingerprint density at radius 3 is 1.11 bits per heavy atom. The number of halogens is 6. The van der Waals surface area contributed by atoms with Crippen LogP contribution in [0, 0.1) is 57.1 Å². The van der Waals surface area contributed by atoms with Crippen LogP contribution in [0.2, 0.25) is 5.15 Å². The molecule has 0 fully saturated rings. The summed E-state index contributed by atoms with van der Waals surface area (Å²) in [4.78, 5) is 109. The molecule has 15 rings (SSSR count). The van der Waals surface area contributed by atoms with Crippen LogP contribution in [0.15, 0.2) is 195 Å². The number of nitrogens with two attached hydrogens (primary N) is 1. The highest BCUT2D eigenvalue weighted by Gasteiger charge is 2.42. The van der Waals surface area contributed by atoms with Gasteiger partial charge in [-0.2, -0.15) is 9.89 Å². The fraction of sp³-hybridized carbons (Fsp3) is 0.333. The van der Waals surface area contributed by atoms with Crippen molar-refractivity contribution in [3.05, 3.63) is 318 Å². The molecule has 3 atom stereocenters. The lowest BCUT2D eigenvalue weighted by Gasteiger charge is -2.26. The number of aliphatic hydroxyl groups is 6. The molecule has 1 amide bonds. The van der Waals surface area contributed by atoms with Crippen molar-refractivity contribution >= 4 is 80.0 Å². The fourth-order valence-electron chi connectivity index (χ4n) is 13.6. The lowest BCUT2D eigenvalue weighted by molar-refractivity contribution is -0.497. The van der Waals surface area contributed by atoms with Crippen molar-refractivity contribution < 1.29 is 86.9 Å². The Morgan fingerprint density at radius 1 is 0.480 bits per heavy atom. The number of aromatic amines is 1. The van der Waals surface area contributed by atoms with Gasteiger partial charge >= 0.3 is 17.3 Å². The van der Waals surface area contributed by atoms with E-state index in [1.807, 2.05) is 163 Å². The number of anilines is 1. The predicted molar refractivity (Wildman–Crippen MR) is 571 cm³/mol. The zero-order valence-electron chi connectivity index (χ0n) is 87.3. The minimum Gasteiger partial charge on any atom is -0.479 e. The number of amides is 1. The summed E-state index contributed by atoms with van der Waals surface area (Å²) in [5.74, 6) is -2.13. The second-order valence-corrected chi connectivity index (χ2v) is 41.6. The number of aromatic nitrogens is 21. The van der Waals surface area contributed by atoms with E-state index in [9.17, 15) is 78.0 Å². The molecule has 15 aromatic rings. The SMILES string of the molecule is C.C.CC(=O)c1ccc(-n2cnc(C)c2)c(CO)n1.CC(C)[N+](=O)C(=O)O.C[C@H](N)c1ccc(F)cc1.Cc1cn(-c2ccc(-c3cc(C(C)C)c(=O)[nH]n3)nc2CO)cn1.Cc1cn(-c2ccc(-c3cc(C(C)C)c(Cl)nn3)nc2CO)cn1.Cc1cn(-c2ccc(-c3cc(C(C)C)c(N[C@@H](C)c4ccc(F)cc4)nn3)nc2CO)cn1.Cc1cn(-c2ccc(C(=O)CC(O)(C(=O)O)C(C)C)nc2CO)cn1.O=P(Cl)(Cl)Cl.[2HH].[2HH].[2H][2H].[2H][2H]. The third-order valence-corrected chi connectivity index (χ3v) is 22.0. The number of nitrogens with zero attached hydrogens (tertiary/aromatic N) is 21. The monoisotopic (exact) mass is 2150 g/mol. The van der Waals surface area contributed by atoms with Gasteiger partial charge in [-0.05, 0) is 226 Å². The number of pyridine rings is 5. The van der Waals surface area contributed by atoms with E-state index >= 15 is 0 Å². The number of carbonyl (C=O) groups is 4. The van der Waals surface area contributed by atoms with Crippen molar-refractivity contribution in [2.45, 2.75) is 220 Å². The number of aliphatic carboxylic acids is 1. The number of aryl methyl sites for hydroxylation is 5. The number of H-pyrrole nitrogens is 1. The maximum absolute atomic E-state index is 13.3. The average molecular weight is 2150 g/mol. The highest BCUT2D eigenvalue weighted by molar-refractivity contribution is 8.24. The van der Waals surface area contributed by atoms with Gasteiger partial charge in [-0.1, -0.05) is 106 Å². The van der Waals surface area contributed by atoms with Crippen LogP contribution < -0.4 is 16.6 Å². The first-order valence-corrected chi connectivity index (χ1v) is 50.2. The minimum atomic E-state index is -3.22. The summed E-state index contributed by atoms with van der Waals surface area (Å²) in [7, 11) is 0. The second-order valence-electron chi connectivity index (χ2n) is 34.6. The summed E-state index contributed by atoms with van der Waals surface area (Å²) in [6, 6.07) is 35.3. The molecule has 0 radical (unpaired) electrons. The molecule has 0 aliphatic rings. The van der Waals surface area contributed by atoms with Crippen LogP contribution in [0.25, 0.3) is 62.6 Å². The summed E-state index contributed by atoms with van der Waals surface area (Å²) in [5, 5.41) is 99.7. The molecule has 1 unspecified atom stereocenters. The van der Waals surface area contributed by atoms with E-state index in [4.69, 9.17) is 28.4 Å². The number of hydrogen-bond acceptors (Lipinski definition) is 30. The van der Waals surface area contributed by atoms with E-state index in [0.717, 1.165) is 73.5 Å². The molecule has 796 valence electrons. The second kappa shape index (κ2) is 56.7. The molecule has 46 heteroatoms. The summed E-state index contributed by atoms with van der Waals surface area (Å²) < 4.78 is 64.0. The van der Waals surface area contributed by atoms with Crippen molar-refractivity contribution in [2.24, 2.45) is 11.7 Å². The number of carboxylic acids is 1. The van der Waals surface area contributed by atoms with Crippen LogP contribution in [0.4, 0.5) is 19.4 Å². The number of nitroso groups, excluding NO2 is 1. The van der Waals surface area contributed by atoms with Crippen molar-refractivity contribution in [2.75, 3.05) is 5.32 Å². The van der Waals surface area contributed by atoms with Gasteiger partial charge in [-0.25, -0.2) is 68.5 Å². The zero-order chi connectivity index (χ0) is 112. The summed E-state index contributed by atoms with van der Waals surface area (Å²) in [5.41, 5.74) is 22.0. The van der Waals surface area contributed by atoms with Crippen molar-refractivity contribution in [1.29, 1.82) is 0 Å². The first kappa shape index (κ1) is 119. The van der Waals surface area contributed by atoms with Crippen molar-refractivity contribution in [3.63, 3.8) is 0 Å². The van der Waals surface area contributed by atoms with Crippen LogP contribution >= 0.6 is 50.5 Å². The van der Waals surface area contributed by atoms with Crippen LogP contribution in [0.5, 0.6) is 0 Å². The van der Waals surface area contributed by atoms with Crippen molar-refractivity contribution in [1.82, 2.24) is 103 Å². The smallest absolute Gasteiger partial charge is 0.479 e. The largest absolute Gasteiger partial charge is 0.642 e. The molecule has 148 heavy (non-hydrogen) atoms. The molecule has 0 spiro atoms. The Kier molecular flexibility index (Phi) is 45.7. The number of carbonyl (C=O) groups excluding carboxylic acids is 2. The van der Waals surface area contributed by atoms with Gasteiger partial charge in [-0.15, -0.1) is 20.4 Å². The topological polar surface area (TPSA) is 556 Å². The maximum Gasteiger partial charge on any atom is 0.642 e. The van der Waals surface area contributed by atoms with E-state index in [2.05, 4.69) is 133 Å². The normalized spacial score (nSPS) is 11.8. The Bertz CT molecular complexity index is 7130. The van der Waals surface area contributed by atoms with Crippen LogP contribution in [-0.4, -0.2) is 184 Å². The van der Waals surface area contributed by atoms with E-state index in [0.29, 0.717) is 84.9 Å². The molecule has 0 aliphatic heterocycles. The van der Waals surface area contributed by atoms with E-state index in [1.54, 1.807) is 95.5 Å². The molecule has 39 nitrogen and oxygen atoms in total. The molecular weight excluding hydrogens is 2010 g/mol. The Morgan fingerprint density at radius 2 is 0.804 bits per heavy atom. The molecule has 13 heterocycles. The molecule has 0 bridgehead atoms. The number of Topliss-reactive ketones (excluding diaryl/α,β-unsaturated/α-hetero) is 2. The molecule has 13 aromatic heterocycles. The predicted octanol–water partition coefficient (Wildman–Crippen LogP) is 20.4. The number of aliphatic hydroxyl groups excluding tert-OH is 5. The number of benzene rings is 2. The van der Waals surface area contributed by atoms with Gasteiger partial charge in [0.2, 0.25) is 6.04 Å². The van der Waals surface area contributed by atoms with Gasteiger partial charge < -0.3 is 74.7 Å². The first-order chi connectivity index (χ1) is 70.9. The van der Waals surface area contributed by atoms with E-state index in [1.165, 1.54) is 65.0 Å². The minimum absolute atomic E-state index is 0. The number of rotatable bonds is 27. The zero-order valence-corrected chi connectivity index (χ0v) is 87.2. The highest BCUT2D eigenvalue weighted by atomic mass is 36.0. The molecule has 0 aliphatic carbocycles. The third kappa shape index (κ3) is 35.1. The van der Waals surface area contributed by atoms with Crippen molar-refractivity contribution in [3.8, 4) is 62.6 Å². The number of imidazole rings is 5. The van der Waals surface area contributed by atoms with Gasteiger partial charge in [0.25, 0.3) is 5.56 Å². The summed E-state index contributed by atoms with van der Waals surface area (Å²) >= 11 is 20.0. The van der Waals surface area contributed by atoms with E-state index < -0.39 is 53.6 Å². The van der Waals surface area contributed by atoms with Crippen LogP contribution in [-0.2, 0) is 42.4 Å². The van der Waals surface area contributed by atoms with E-state index in [-0.39, 0.29) is 113 Å². The molecule has 0 saturated heterocycles. The molecule has 2 aromatic carbocycles. The molecule has 12 N–H and O–H groups in total. The Labute approximate surface area is 883 Å². The molecular formula is C102H132Cl4F2N24O15P+. The lowest BCUT2D eigenvalue weighted by Crippen LogP contribution is -2.45.